The fourth-order valence-electron chi connectivity index (χ4n) is 1.73. The first-order chi connectivity index (χ1) is 8.56. The van der Waals surface area contributed by atoms with Crippen LogP contribution in [-0.2, 0) is 4.79 Å². The third-order valence-electron chi connectivity index (χ3n) is 2.68. The summed E-state index contributed by atoms with van der Waals surface area (Å²) in [4.78, 5) is 26.8. The minimum atomic E-state index is -0.381. The summed E-state index contributed by atoms with van der Waals surface area (Å²) in [7, 11) is 0. The van der Waals surface area contributed by atoms with E-state index in [2.05, 4.69) is 15.6 Å². The van der Waals surface area contributed by atoms with Crippen LogP contribution in [0.5, 0.6) is 0 Å². The van der Waals surface area contributed by atoms with Crippen molar-refractivity contribution in [3.63, 3.8) is 0 Å². The van der Waals surface area contributed by atoms with Gasteiger partial charge in [-0.25, -0.2) is 4.98 Å². The summed E-state index contributed by atoms with van der Waals surface area (Å²) < 4.78 is 0. The molecule has 2 rings (SSSR count). The average molecular weight is 269 g/mol. The smallest absolute Gasteiger partial charge is 0.271 e. The predicted octanol–water partition coefficient (Wildman–Crippen LogP) is 0.326. The van der Waals surface area contributed by atoms with Gasteiger partial charge in [0.1, 0.15) is 11.5 Å². The second-order valence-corrected chi connectivity index (χ2v) is 4.49. The summed E-state index contributed by atoms with van der Waals surface area (Å²) in [6.07, 6.45) is 1.01. The Morgan fingerprint density at radius 1 is 1.56 bits per heavy atom. The molecule has 0 spiro atoms. The first kappa shape index (κ1) is 12.6. The van der Waals surface area contributed by atoms with Gasteiger partial charge in [-0.3, -0.25) is 9.59 Å². The molecule has 0 aromatic carbocycles. The molecular formula is C11H13ClN4O2. The molecule has 2 heterocycles. The molecule has 96 valence electrons. The lowest BCUT2D eigenvalue weighted by atomic mass is 10.1. The lowest BCUT2D eigenvalue weighted by molar-refractivity contribution is -0.122. The molecule has 0 aliphatic carbocycles. The molecule has 0 bridgehead atoms. The number of rotatable bonds is 2. The molecule has 7 heteroatoms. The van der Waals surface area contributed by atoms with Crippen molar-refractivity contribution in [2.24, 2.45) is 0 Å². The Bertz CT molecular complexity index is 482. The number of nitrogen functional groups attached to an aromatic ring is 1. The van der Waals surface area contributed by atoms with Crippen LogP contribution in [0.15, 0.2) is 12.1 Å². The molecule has 2 amide bonds. The van der Waals surface area contributed by atoms with Gasteiger partial charge in [-0.2, -0.15) is 0 Å². The number of piperidine rings is 1. The SMILES string of the molecule is Nc1ccc(Cl)c(C(=O)NC2CCC(=O)NC2)n1. The molecule has 0 radical (unpaired) electrons. The molecule has 18 heavy (non-hydrogen) atoms. The van der Waals surface area contributed by atoms with Crippen LogP contribution in [0.25, 0.3) is 0 Å². The normalized spacial score (nSPS) is 19.2. The van der Waals surface area contributed by atoms with E-state index in [1.54, 1.807) is 0 Å². The van der Waals surface area contributed by atoms with Crippen LogP contribution in [0.2, 0.25) is 5.02 Å². The van der Waals surface area contributed by atoms with E-state index < -0.39 is 0 Å². The third kappa shape index (κ3) is 2.89. The minimum Gasteiger partial charge on any atom is -0.384 e. The zero-order valence-electron chi connectivity index (χ0n) is 9.57. The second kappa shape index (κ2) is 5.22. The predicted molar refractivity (Wildman–Crippen MR) is 67.2 cm³/mol. The van der Waals surface area contributed by atoms with Crippen LogP contribution in [0.1, 0.15) is 23.3 Å². The average Bonchev–Trinajstić information content (AvgIpc) is 2.35. The monoisotopic (exact) mass is 268 g/mol. The van der Waals surface area contributed by atoms with Crippen LogP contribution in [-0.4, -0.2) is 29.4 Å². The highest BCUT2D eigenvalue weighted by molar-refractivity contribution is 6.33. The number of nitrogens with one attached hydrogen (secondary N) is 2. The van der Waals surface area contributed by atoms with E-state index in [1.165, 1.54) is 12.1 Å². The molecule has 1 atom stereocenters. The maximum absolute atomic E-state index is 11.9. The van der Waals surface area contributed by atoms with Crippen LogP contribution in [0, 0.1) is 0 Å². The van der Waals surface area contributed by atoms with Crippen molar-refractivity contribution in [2.45, 2.75) is 18.9 Å². The quantitative estimate of drug-likeness (QED) is 0.720. The second-order valence-electron chi connectivity index (χ2n) is 4.08. The number of carbonyl (C=O) groups is 2. The number of hydrogen-bond donors (Lipinski definition) is 3. The molecule has 0 saturated carbocycles. The van der Waals surface area contributed by atoms with Gasteiger partial charge in [-0.1, -0.05) is 11.6 Å². The van der Waals surface area contributed by atoms with Crippen molar-refractivity contribution in [3.05, 3.63) is 22.8 Å². The van der Waals surface area contributed by atoms with Gasteiger partial charge >= 0.3 is 0 Å². The summed E-state index contributed by atoms with van der Waals surface area (Å²) in [5.74, 6) is -0.143. The van der Waals surface area contributed by atoms with E-state index in [0.717, 1.165) is 0 Å². The minimum absolute atomic E-state index is 0.000567. The highest BCUT2D eigenvalue weighted by atomic mass is 35.5. The highest BCUT2D eigenvalue weighted by Gasteiger charge is 2.21. The lowest BCUT2D eigenvalue weighted by Crippen LogP contribution is -2.47. The fraction of sp³-hybridized carbons (Fsp3) is 0.364. The van der Waals surface area contributed by atoms with Crippen molar-refractivity contribution >= 4 is 29.2 Å². The maximum Gasteiger partial charge on any atom is 0.271 e. The molecule has 1 unspecified atom stereocenters. The van der Waals surface area contributed by atoms with Crippen LogP contribution in [0.3, 0.4) is 0 Å². The molecule has 1 aliphatic heterocycles. The van der Waals surface area contributed by atoms with Gasteiger partial charge in [-0.15, -0.1) is 0 Å². The first-order valence-electron chi connectivity index (χ1n) is 5.56. The van der Waals surface area contributed by atoms with Crippen LogP contribution < -0.4 is 16.4 Å². The van der Waals surface area contributed by atoms with E-state index in [9.17, 15) is 9.59 Å². The van der Waals surface area contributed by atoms with Crippen molar-refractivity contribution in [1.29, 1.82) is 0 Å². The zero-order chi connectivity index (χ0) is 13.1. The molecule has 6 nitrogen and oxygen atoms in total. The summed E-state index contributed by atoms with van der Waals surface area (Å²) in [6, 6.07) is 2.95. The summed E-state index contributed by atoms with van der Waals surface area (Å²) >= 11 is 5.88. The molecule has 1 aromatic heterocycles. The van der Waals surface area contributed by atoms with E-state index in [0.29, 0.717) is 19.4 Å². The van der Waals surface area contributed by atoms with Gasteiger partial charge in [0.15, 0.2) is 0 Å². The zero-order valence-corrected chi connectivity index (χ0v) is 10.3. The van der Waals surface area contributed by atoms with Gasteiger partial charge < -0.3 is 16.4 Å². The number of hydrogen-bond acceptors (Lipinski definition) is 4. The topological polar surface area (TPSA) is 97.1 Å². The summed E-state index contributed by atoms with van der Waals surface area (Å²) in [5, 5.41) is 5.70. The van der Waals surface area contributed by atoms with E-state index in [4.69, 9.17) is 17.3 Å². The van der Waals surface area contributed by atoms with Gasteiger partial charge in [0.25, 0.3) is 5.91 Å². The number of halogens is 1. The molecule has 1 aliphatic rings. The number of aromatic nitrogens is 1. The van der Waals surface area contributed by atoms with Gasteiger partial charge in [0.05, 0.1) is 5.02 Å². The van der Waals surface area contributed by atoms with Crippen LogP contribution >= 0.6 is 11.6 Å². The number of amides is 2. The van der Waals surface area contributed by atoms with Crippen LogP contribution in [0.4, 0.5) is 5.82 Å². The number of nitrogens with two attached hydrogens (primary N) is 1. The Hall–Kier alpha value is -1.82. The molecular weight excluding hydrogens is 256 g/mol. The standard InChI is InChI=1S/C11H13ClN4O2/c12-7-2-3-8(13)16-10(7)11(18)15-6-1-4-9(17)14-5-6/h2-3,6H,1,4-5H2,(H2,13,16)(H,14,17)(H,15,18). The Labute approximate surface area is 109 Å². The third-order valence-corrected chi connectivity index (χ3v) is 2.99. The summed E-state index contributed by atoms with van der Waals surface area (Å²) in [5.41, 5.74) is 5.62. The molecule has 1 fully saturated rings. The van der Waals surface area contributed by atoms with E-state index in [1.807, 2.05) is 0 Å². The van der Waals surface area contributed by atoms with Gasteiger partial charge in [0.2, 0.25) is 5.91 Å². The summed E-state index contributed by atoms with van der Waals surface area (Å²) in [6.45, 7) is 0.421. The van der Waals surface area contributed by atoms with E-state index >= 15 is 0 Å². The number of nitrogens with zero attached hydrogens (tertiary/aromatic N) is 1. The van der Waals surface area contributed by atoms with Crippen molar-refractivity contribution < 1.29 is 9.59 Å². The van der Waals surface area contributed by atoms with Gasteiger partial charge in [-0.05, 0) is 18.6 Å². The highest BCUT2D eigenvalue weighted by Crippen LogP contribution is 2.15. The lowest BCUT2D eigenvalue weighted by Gasteiger charge is -2.23. The van der Waals surface area contributed by atoms with Gasteiger partial charge in [0, 0.05) is 19.0 Å². The van der Waals surface area contributed by atoms with Crippen molar-refractivity contribution in [1.82, 2.24) is 15.6 Å². The molecule has 4 N–H and O–H groups in total. The number of anilines is 1. The molecule has 1 saturated heterocycles. The maximum atomic E-state index is 11.9. The fourth-order valence-corrected chi connectivity index (χ4v) is 1.92. The van der Waals surface area contributed by atoms with Crippen molar-refractivity contribution in [3.8, 4) is 0 Å². The number of carbonyl (C=O) groups excluding carboxylic acids is 2. The first-order valence-corrected chi connectivity index (χ1v) is 5.93. The largest absolute Gasteiger partial charge is 0.384 e. The Kier molecular flexibility index (Phi) is 3.66. The van der Waals surface area contributed by atoms with E-state index in [-0.39, 0.29) is 34.4 Å². The Balaban J connectivity index is 2.03. The molecule has 1 aromatic rings. The number of pyridine rings is 1. The van der Waals surface area contributed by atoms with Crippen molar-refractivity contribution in [2.75, 3.05) is 12.3 Å². The Morgan fingerprint density at radius 2 is 2.33 bits per heavy atom. The Morgan fingerprint density at radius 3 is 3.00 bits per heavy atom.